The van der Waals surface area contributed by atoms with E-state index in [-0.39, 0.29) is 5.97 Å². The lowest BCUT2D eigenvalue weighted by Crippen LogP contribution is -2.33. The average Bonchev–Trinajstić information content (AvgIpc) is 2.43. The maximum atomic E-state index is 10.9. The van der Waals surface area contributed by atoms with Crippen LogP contribution in [0.15, 0.2) is 12.7 Å². The summed E-state index contributed by atoms with van der Waals surface area (Å²) in [6.45, 7) is 3.54. The Balaban J connectivity index is 3.84. The van der Waals surface area contributed by atoms with Crippen LogP contribution in [-0.4, -0.2) is 35.3 Å². The van der Waals surface area contributed by atoms with Crippen molar-refractivity contribution in [3.05, 3.63) is 22.8 Å². The van der Waals surface area contributed by atoms with Crippen molar-refractivity contribution >= 4 is 5.97 Å². The maximum Gasteiger partial charge on any atom is 0.305 e. The van der Waals surface area contributed by atoms with Gasteiger partial charge in [-0.05, 0) is 25.7 Å². The number of hydrogen-bond donors (Lipinski definition) is 1. The van der Waals surface area contributed by atoms with E-state index in [2.05, 4.69) is 11.3 Å². The van der Waals surface area contributed by atoms with E-state index in [4.69, 9.17) is 0 Å². The summed E-state index contributed by atoms with van der Waals surface area (Å²) in [7, 11) is 1.36. The van der Waals surface area contributed by atoms with Crippen molar-refractivity contribution in [3.63, 3.8) is 0 Å². The molecule has 116 valence electrons. The normalized spacial score (nSPS) is 13.5. The van der Waals surface area contributed by atoms with Crippen molar-refractivity contribution in [2.45, 2.75) is 63.5 Å². The first-order chi connectivity index (χ1) is 9.52. The number of ether oxygens (including phenoxy) is 1. The molecular weight excluding hydrogens is 262 g/mol. The van der Waals surface area contributed by atoms with Crippen molar-refractivity contribution in [1.82, 2.24) is 0 Å². The molecule has 0 saturated carbocycles. The summed E-state index contributed by atoms with van der Waals surface area (Å²) in [5.74, 6) is -0.229. The number of carbonyl (C=O) groups excluding carboxylic acids is 1. The summed E-state index contributed by atoms with van der Waals surface area (Å²) in [5.41, 5.74) is 0. The fourth-order valence-corrected chi connectivity index (χ4v) is 2.00. The number of methoxy groups -OCH3 is 1. The van der Waals surface area contributed by atoms with Crippen LogP contribution in [0.3, 0.4) is 0 Å². The molecule has 0 aliphatic heterocycles. The number of unbranched alkanes of at least 4 members (excludes halogenated alkanes) is 3. The van der Waals surface area contributed by atoms with Gasteiger partial charge in [0.05, 0.1) is 7.11 Å². The van der Waals surface area contributed by atoms with Crippen LogP contribution in [0, 0.1) is 10.1 Å². The topological polar surface area (TPSA) is 89.7 Å². The van der Waals surface area contributed by atoms with Crippen molar-refractivity contribution in [1.29, 1.82) is 0 Å². The van der Waals surface area contributed by atoms with Crippen LogP contribution in [-0.2, 0) is 9.53 Å². The Morgan fingerprint density at radius 1 is 1.35 bits per heavy atom. The van der Waals surface area contributed by atoms with Gasteiger partial charge in [-0.3, -0.25) is 14.9 Å². The van der Waals surface area contributed by atoms with Gasteiger partial charge in [-0.2, -0.15) is 0 Å². The Morgan fingerprint density at radius 2 is 2.00 bits per heavy atom. The molecule has 0 spiro atoms. The molecule has 2 unspecified atom stereocenters. The quantitative estimate of drug-likeness (QED) is 0.196. The zero-order valence-corrected chi connectivity index (χ0v) is 12.1. The highest BCUT2D eigenvalue weighted by molar-refractivity contribution is 5.68. The number of hydrogen-bond acceptors (Lipinski definition) is 5. The van der Waals surface area contributed by atoms with E-state index in [0.29, 0.717) is 32.1 Å². The van der Waals surface area contributed by atoms with E-state index >= 15 is 0 Å². The van der Waals surface area contributed by atoms with Crippen molar-refractivity contribution < 1.29 is 19.6 Å². The second kappa shape index (κ2) is 11.4. The third-order valence-corrected chi connectivity index (χ3v) is 3.24. The van der Waals surface area contributed by atoms with Gasteiger partial charge in [0, 0.05) is 17.8 Å². The molecule has 0 aliphatic carbocycles. The van der Waals surface area contributed by atoms with Crippen LogP contribution in [0.1, 0.15) is 51.4 Å². The van der Waals surface area contributed by atoms with Crippen molar-refractivity contribution in [2.75, 3.05) is 7.11 Å². The second-order valence-electron chi connectivity index (χ2n) is 4.82. The summed E-state index contributed by atoms with van der Waals surface area (Å²) < 4.78 is 4.53. The molecule has 2 atom stereocenters. The summed E-state index contributed by atoms with van der Waals surface area (Å²) in [4.78, 5) is 21.4. The lowest BCUT2D eigenvalue weighted by Gasteiger charge is -2.15. The summed E-state index contributed by atoms with van der Waals surface area (Å²) in [5, 5.41) is 20.7. The number of allylic oxidation sites excluding steroid dienone is 1. The molecule has 1 N–H and O–H groups in total. The van der Waals surface area contributed by atoms with Gasteiger partial charge in [-0.25, -0.2) is 0 Å². The standard InChI is InChI=1S/C14H25NO5/c1-3-4-10-13(16)12(15(18)19)9-7-5-6-8-11-14(17)20-2/h3,12-13,16H,1,4-11H2,2H3. The third-order valence-electron chi connectivity index (χ3n) is 3.24. The minimum absolute atomic E-state index is 0.229. The Labute approximate surface area is 120 Å². The van der Waals surface area contributed by atoms with E-state index in [1.54, 1.807) is 6.08 Å². The van der Waals surface area contributed by atoms with E-state index in [9.17, 15) is 20.0 Å². The van der Waals surface area contributed by atoms with Gasteiger partial charge in [-0.1, -0.05) is 18.9 Å². The van der Waals surface area contributed by atoms with Crippen molar-refractivity contribution in [3.8, 4) is 0 Å². The van der Waals surface area contributed by atoms with Crippen LogP contribution < -0.4 is 0 Å². The van der Waals surface area contributed by atoms with E-state index in [1.807, 2.05) is 0 Å². The lowest BCUT2D eigenvalue weighted by molar-refractivity contribution is -0.535. The van der Waals surface area contributed by atoms with Crippen LogP contribution in [0.5, 0.6) is 0 Å². The van der Waals surface area contributed by atoms with Crippen LogP contribution in [0.2, 0.25) is 0 Å². The van der Waals surface area contributed by atoms with Gasteiger partial charge in [-0.15, -0.1) is 6.58 Å². The zero-order valence-electron chi connectivity index (χ0n) is 12.1. The predicted molar refractivity (Wildman–Crippen MR) is 75.9 cm³/mol. The SMILES string of the molecule is C=CCCC(O)C(CCCCCCC(=O)OC)[N+](=O)[O-]. The fraction of sp³-hybridized carbons (Fsp3) is 0.786. The van der Waals surface area contributed by atoms with E-state index in [1.165, 1.54) is 7.11 Å². The minimum Gasteiger partial charge on any atom is -0.469 e. The molecule has 0 aromatic heterocycles. The number of nitrogens with zero attached hydrogens (tertiary/aromatic N) is 1. The van der Waals surface area contributed by atoms with Crippen LogP contribution >= 0.6 is 0 Å². The lowest BCUT2D eigenvalue weighted by atomic mass is 9.99. The molecule has 6 heteroatoms. The highest BCUT2D eigenvalue weighted by Gasteiger charge is 2.28. The molecule has 6 nitrogen and oxygen atoms in total. The van der Waals surface area contributed by atoms with Crippen LogP contribution in [0.4, 0.5) is 0 Å². The first-order valence-electron chi connectivity index (χ1n) is 7.02. The average molecular weight is 287 g/mol. The number of aliphatic hydroxyl groups excluding tert-OH is 1. The first-order valence-corrected chi connectivity index (χ1v) is 7.02. The number of carbonyl (C=O) groups is 1. The Bertz CT molecular complexity index is 306. The molecule has 0 aliphatic rings. The molecule has 0 bridgehead atoms. The summed E-state index contributed by atoms with van der Waals surface area (Å²) in [6.07, 6.45) is 5.48. The summed E-state index contributed by atoms with van der Waals surface area (Å²) >= 11 is 0. The van der Waals surface area contributed by atoms with E-state index < -0.39 is 17.1 Å². The Hall–Kier alpha value is -1.43. The minimum atomic E-state index is -0.918. The largest absolute Gasteiger partial charge is 0.469 e. The predicted octanol–water partition coefficient (Wildman–Crippen LogP) is 2.47. The molecule has 0 aromatic rings. The molecule has 0 fully saturated rings. The fourth-order valence-electron chi connectivity index (χ4n) is 2.00. The Morgan fingerprint density at radius 3 is 2.55 bits per heavy atom. The van der Waals surface area contributed by atoms with Gasteiger partial charge in [0.2, 0.25) is 6.04 Å². The van der Waals surface area contributed by atoms with Crippen molar-refractivity contribution in [2.24, 2.45) is 0 Å². The molecule has 0 radical (unpaired) electrons. The monoisotopic (exact) mass is 287 g/mol. The van der Waals surface area contributed by atoms with Gasteiger partial charge in [0.25, 0.3) is 0 Å². The molecule has 0 saturated heterocycles. The number of esters is 1. The smallest absolute Gasteiger partial charge is 0.305 e. The zero-order chi connectivity index (χ0) is 15.4. The third kappa shape index (κ3) is 8.63. The highest BCUT2D eigenvalue weighted by Crippen LogP contribution is 2.15. The number of nitro groups is 1. The first kappa shape index (κ1) is 18.6. The Kier molecular flexibility index (Phi) is 10.6. The molecule has 20 heavy (non-hydrogen) atoms. The van der Waals surface area contributed by atoms with Gasteiger partial charge in [0.15, 0.2) is 0 Å². The summed E-state index contributed by atoms with van der Waals surface area (Å²) in [6, 6.07) is -0.907. The van der Waals surface area contributed by atoms with Gasteiger partial charge >= 0.3 is 5.97 Å². The number of aliphatic hydroxyl groups is 1. The molecule has 0 rings (SSSR count). The molecule has 0 heterocycles. The maximum absolute atomic E-state index is 10.9. The van der Waals surface area contributed by atoms with Gasteiger partial charge in [0.1, 0.15) is 6.10 Å². The molecule has 0 amide bonds. The van der Waals surface area contributed by atoms with Crippen LogP contribution in [0.25, 0.3) is 0 Å². The number of rotatable bonds is 12. The highest BCUT2D eigenvalue weighted by atomic mass is 16.6. The molecule has 0 aromatic carbocycles. The molecular formula is C14H25NO5. The van der Waals surface area contributed by atoms with E-state index in [0.717, 1.165) is 19.3 Å². The second-order valence-corrected chi connectivity index (χ2v) is 4.82. The van der Waals surface area contributed by atoms with Gasteiger partial charge < -0.3 is 9.84 Å².